The fourth-order valence-electron chi connectivity index (χ4n) is 7.54. The lowest BCUT2D eigenvalue weighted by molar-refractivity contribution is -0.305. The Bertz CT molecular complexity index is 959. The first-order chi connectivity index (χ1) is 28.3. The number of carbonyl (C=O) groups excluding carboxylic acids is 2. The zero-order valence-electron chi connectivity index (χ0n) is 37.3. The summed E-state index contributed by atoms with van der Waals surface area (Å²) in [5, 5.41) is 40.1. The van der Waals surface area contributed by atoms with Crippen LogP contribution in [0.2, 0.25) is 0 Å². The summed E-state index contributed by atoms with van der Waals surface area (Å²) in [6.45, 7) is 3.44. The van der Waals surface area contributed by atoms with Crippen molar-refractivity contribution in [3.63, 3.8) is 0 Å². The first-order valence-electron chi connectivity index (χ1n) is 24.3. The third-order valence-corrected chi connectivity index (χ3v) is 11.4. The van der Waals surface area contributed by atoms with E-state index in [1.807, 2.05) is 0 Å². The fourth-order valence-corrected chi connectivity index (χ4v) is 7.54. The van der Waals surface area contributed by atoms with Gasteiger partial charge in [0.15, 0.2) is 12.4 Å². The van der Waals surface area contributed by atoms with Crippen molar-refractivity contribution in [3.05, 3.63) is 12.2 Å². The summed E-state index contributed by atoms with van der Waals surface area (Å²) in [4.78, 5) is 25.4. The van der Waals surface area contributed by atoms with Crippen LogP contribution in [0.15, 0.2) is 12.2 Å². The quantitative estimate of drug-likeness (QED) is 0.0266. The molecule has 2 unspecified atom stereocenters. The van der Waals surface area contributed by atoms with Crippen LogP contribution < -0.4 is 0 Å². The SMILES string of the molecule is CCCCCCCC/C=C/CCCCCCCC(=O)OC[C@H](CO[C@@H]1O[C@H](CO)[C@H](O)C(O)C1O)OC(=O)CCCCCCCCCCCCCCCCCCCC. The number of unbranched alkanes of at least 4 members (excludes halogenated alkanes) is 28. The van der Waals surface area contributed by atoms with Crippen molar-refractivity contribution in [2.75, 3.05) is 19.8 Å². The van der Waals surface area contributed by atoms with Crippen molar-refractivity contribution in [2.24, 2.45) is 0 Å². The highest BCUT2D eigenvalue weighted by molar-refractivity contribution is 5.70. The van der Waals surface area contributed by atoms with Crippen molar-refractivity contribution in [2.45, 2.75) is 263 Å². The van der Waals surface area contributed by atoms with Gasteiger partial charge in [-0.2, -0.15) is 0 Å². The largest absolute Gasteiger partial charge is 0.462 e. The molecule has 0 aromatic carbocycles. The van der Waals surface area contributed by atoms with E-state index in [1.54, 1.807) is 0 Å². The van der Waals surface area contributed by atoms with E-state index in [-0.39, 0.29) is 32.0 Å². The van der Waals surface area contributed by atoms with E-state index in [0.29, 0.717) is 6.42 Å². The van der Waals surface area contributed by atoms with E-state index in [2.05, 4.69) is 26.0 Å². The molecule has 1 aliphatic heterocycles. The van der Waals surface area contributed by atoms with Gasteiger partial charge in [-0.3, -0.25) is 9.59 Å². The molecule has 1 aliphatic rings. The topological polar surface area (TPSA) is 152 Å². The predicted octanol–water partition coefficient (Wildman–Crippen LogP) is 10.7. The average Bonchev–Trinajstić information content (AvgIpc) is 3.22. The second kappa shape index (κ2) is 39.6. The number of hydrogen-bond donors (Lipinski definition) is 4. The maximum Gasteiger partial charge on any atom is 0.306 e. The van der Waals surface area contributed by atoms with Crippen LogP contribution in [0.25, 0.3) is 0 Å². The summed E-state index contributed by atoms with van der Waals surface area (Å²) in [5.74, 6) is -0.804. The number of rotatable bonds is 41. The number of hydrogen-bond acceptors (Lipinski definition) is 10. The molecule has 10 heteroatoms. The Kier molecular flexibility index (Phi) is 37.2. The van der Waals surface area contributed by atoms with Crippen molar-refractivity contribution in [1.29, 1.82) is 0 Å². The second-order valence-corrected chi connectivity index (χ2v) is 16.9. The minimum atomic E-state index is -1.59. The number of aliphatic hydroxyl groups excluding tert-OH is 4. The average molecular weight is 827 g/mol. The van der Waals surface area contributed by atoms with Crippen LogP contribution in [0.5, 0.6) is 0 Å². The Balaban J connectivity index is 2.28. The zero-order chi connectivity index (χ0) is 42.3. The molecule has 0 radical (unpaired) electrons. The molecule has 0 aliphatic carbocycles. The molecule has 0 amide bonds. The Morgan fingerprint density at radius 2 is 0.914 bits per heavy atom. The lowest BCUT2D eigenvalue weighted by Gasteiger charge is -2.39. The number of allylic oxidation sites excluding steroid dienone is 2. The summed E-state index contributed by atoms with van der Waals surface area (Å²) in [6.07, 6.45) is 35.0. The molecule has 0 aromatic heterocycles. The van der Waals surface area contributed by atoms with Gasteiger partial charge in [0.05, 0.1) is 13.2 Å². The fraction of sp³-hybridized carbons (Fsp3) is 0.917. The van der Waals surface area contributed by atoms with Crippen LogP contribution in [-0.2, 0) is 28.5 Å². The zero-order valence-corrected chi connectivity index (χ0v) is 37.3. The number of ether oxygens (including phenoxy) is 4. The molecule has 6 atom stereocenters. The van der Waals surface area contributed by atoms with Gasteiger partial charge in [0, 0.05) is 12.8 Å². The molecular weight excluding hydrogens is 737 g/mol. The van der Waals surface area contributed by atoms with Gasteiger partial charge < -0.3 is 39.4 Å². The van der Waals surface area contributed by atoms with Crippen LogP contribution in [0.4, 0.5) is 0 Å². The lowest BCUT2D eigenvalue weighted by Crippen LogP contribution is -2.59. The molecule has 1 saturated heterocycles. The van der Waals surface area contributed by atoms with Crippen LogP contribution in [0, 0.1) is 0 Å². The summed E-state index contributed by atoms with van der Waals surface area (Å²) in [5.41, 5.74) is 0. The Hall–Kier alpha value is -1.56. The van der Waals surface area contributed by atoms with Gasteiger partial charge in [0.25, 0.3) is 0 Å². The van der Waals surface area contributed by atoms with Gasteiger partial charge in [-0.15, -0.1) is 0 Å². The van der Waals surface area contributed by atoms with E-state index in [4.69, 9.17) is 18.9 Å². The van der Waals surface area contributed by atoms with E-state index >= 15 is 0 Å². The van der Waals surface area contributed by atoms with E-state index in [1.165, 1.54) is 135 Å². The van der Waals surface area contributed by atoms with Crippen molar-refractivity contribution < 1.29 is 49.0 Å². The molecule has 0 spiro atoms. The van der Waals surface area contributed by atoms with E-state index in [0.717, 1.165) is 57.8 Å². The third-order valence-electron chi connectivity index (χ3n) is 11.4. The highest BCUT2D eigenvalue weighted by atomic mass is 16.7. The summed E-state index contributed by atoms with van der Waals surface area (Å²) in [7, 11) is 0. The first kappa shape index (κ1) is 54.5. The molecule has 4 N–H and O–H groups in total. The highest BCUT2D eigenvalue weighted by Gasteiger charge is 2.44. The monoisotopic (exact) mass is 827 g/mol. The normalized spacial score (nSPS) is 20.1. The van der Waals surface area contributed by atoms with Crippen LogP contribution >= 0.6 is 0 Å². The van der Waals surface area contributed by atoms with Crippen LogP contribution in [0.1, 0.15) is 226 Å². The molecule has 1 fully saturated rings. The van der Waals surface area contributed by atoms with Crippen molar-refractivity contribution in [3.8, 4) is 0 Å². The van der Waals surface area contributed by atoms with Gasteiger partial charge >= 0.3 is 11.9 Å². The standard InChI is InChI=1S/C48H90O10/c1-3-5-7-9-11-13-15-17-19-20-21-23-25-27-29-31-33-35-37-44(51)57-41(40-56-48-47(54)46(53)45(52)42(38-49)58-48)39-55-43(50)36-34-32-30-28-26-24-22-18-16-14-12-10-8-6-4-2/h18,22,41-42,45-49,52-54H,3-17,19-21,23-40H2,1-2H3/b22-18+/t41-,42-,45+,46?,47?,48-/m1/s1. The number of esters is 2. The molecule has 342 valence electrons. The summed E-state index contributed by atoms with van der Waals surface area (Å²) >= 11 is 0. The molecule has 1 heterocycles. The Labute approximate surface area is 354 Å². The smallest absolute Gasteiger partial charge is 0.306 e. The minimum Gasteiger partial charge on any atom is -0.462 e. The van der Waals surface area contributed by atoms with Crippen LogP contribution in [0.3, 0.4) is 0 Å². The van der Waals surface area contributed by atoms with Crippen molar-refractivity contribution in [1.82, 2.24) is 0 Å². The van der Waals surface area contributed by atoms with E-state index in [9.17, 15) is 30.0 Å². The van der Waals surface area contributed by atoms with Crippen LogP contribution in [-0.4, -0.2) is 89.0 Å². The minimum absolute atomic E-state index is 0.216. The number of aliphatic hydroxyl groups is 4. The van der Waals surface area contributed by atoms with Crippen molar-refractivity contribution >= 4 is 11.9 Å². The molecule has 0 bridgehead atoms. The molecular formula is C48H90O10. The van der Waals surface area contributed by atoms with Gasteiger partial charge in [0.1, 0.15) is 31.0 Å². The molecule has 58 heavy (non-hydrogen) atoms. The molecule has 0 aromatic rings. The summed E-state index contributed by atoms with van der Waals surface area (Å²) < 4.78 is 22.2. The third kappa shape index (κ3) is 30.5. The van der Waals surface area contributed by atoms with Gasteiger partial charge in [-0.1, -0.05) is 187 Å². The van der Waals surface area contributed by atoms with Gasteiger partial charge in [-0.25, -0.2) is 0 Å². The Morgan fingerprint density at radius 1 is 0.517 bits per heavy atom. The predicted molar refractivity (Wildman–Crippen MR) is 233 cm³/mol. The lowest BCUT2D eigenvalue weighted by atomic mass is 9.99. The summed E-state index contributed by atoms with van der Waals surface area (Å²) in [6, 6.07) is 0. The maximum absolute atomic E-state index is 12.8. The number of carbonyl (C=O) groups is 2. The molecule has 10 nitrogen and oxygen atoms in total. The molecule has 0 saturated carbocycles. The van der Waals surface area contributed by atoms with Gasteiger partial charge in [0.2, 0.25) is 0 Å². The maximum atomic E-state index is 12.8. The van der Waals surface area contributed by atoms with Gasteiger partial charge in [-0.05, 0) is 38.5 Å². The first-order valence-corrected chi connectivity index (χ1v) is 24.3. The second-order valence-electron chi connectivity index (χ2n) is 16.9. The molecule has 1 rings (SSSR count). The highest BCUT2D eigenvalue weighted by Crippen LogP contribution is 2.23. The van der Waals surface area contributed by atoms with E-state index < -0.39 is 49.4 Å². The Morgan fingerprint density at radius 3 is 1.34 bits per heavy atom.